The van der Waals surface area contributed by atoms with Crippen molar-refractivity contribution in [2.75, 3.05) is 26.2 Å². The second-order valence-corrected chi connectivity index (χ2v) is 8.46. The SMILES string of the molecule is CC(=O)N[C@@H](CC(=O)N1CCCC[C@H]1CN1CCCCCC1)c1ccc(F)cc1. The van der Waals surface area contributed by atoms with Crippen molar-refractivity contribution in [1.82, 2.24) is 15.1 Å². The topological polar surface area (TPSA) is 52.7 Å². The van der Waals surface area contributed by atoms with E-state index >= 15 is 0 Å². The molecule has 29 heavy (non-hydrogen) atoms. The third-order valence-corrected chi connectivity index (χ3v) is 6.14. The summed E-state index contributed by atoms with van der Waals surface area (Å²) in [5.74, 6) is -0.435. The molecule has 3 rings (SSSR count). The van der Waals surface area contributed by atoms with Crippen LogP contribution in [0.2, 0.25) is 0 Å². The predicted molar refractivity (Wildman–Crippen MR) is 112 cm³/mol. The molecule has 2 fully saturated rings. The van der Waals surface area contributed by atoms with E-state index in [1.54, 1.807) is 12.1 Å². The molecular weight excluding hydrogens is 369 g/mol. The number of carbonyl (C=O) groups excluding carboxylic acids is 2. The highest BCUT2D eigenvalue weighted by atomic mass is 19.1. The lowest BCUT2D eigenvalue weighted by Crippen LogP contribution is -2.50. The number of amides is 2. The summed E-state index contributed by atoms with van der Waals surface area (Å²) in [7, 11) is 0. The van der Waals surface area contributed by atoms with Gasteiger partial charge in [-0.3, -0.25) is 9.59 Å². The highest BCUT2D eigenvalue weighted by Crippen LogP contribution is 2.24. The number of piperidine rings is 1. The van der Waals surface area contributed by atoms with Crippen LogP contribution in [0.25, 0.3) is 0 Å². The standard InChI is InChI=1S/C23H34FN3O2/c1-18(28)25-22(19-9-11-20(24)12-10-19)16-23(29)27-15-7-4-8-21(27)17-26-13-5-2-3-6-14-26/h9-12,21-22H,2-8,13-17H2,1H3,(H,25,28)/t21-,22-/m0/s1. The molecule has 2 atom stereocenters. The van der Waals surface area contributed by atoms with Crippen molar-refractivity contribution in [3.05, 3.63) is 35.6 Å². The Morgan fingerprint density at radius 1 is 1.03 bits per heavy atom. The molecule has 2 amide bonds. The normalized spacial score (nSPS) is 22.0. The fraction of sp³-hybridized carbons (Fsp3) is 0.652. The van der Waals surface area contributed by atoms with Crippen molar-refractivity contribution >= 4 is 11.8 Å². The molecule has 2 saturated heterocycles. The molecule has 2 aliphatic heterocycles. The van der Waals surface area contributed by atoms with Crippen LogP contribution in [0.15, 0.2) is 24.3 Å². The highest BCUT2D eigenvalue weighted by Gasteiger charge is 2.30. The van der Waals surface area contributed by atoms with E-state index in [1.807, 2.05) is 4.90 Å². The maximum atomic E-state index is 13.3. The summed E-state index contributed by atoms with van der Waals surface area (Å²) in [4.78, 5) is 29.5. The minimum Gasteiger partial charge on any atom is -0.349 e. The summed E-state index contributed by atoms with van der Waals surface area (Å²) in [6, 6.07) is 5.86. The Balaban J connectivity index is 1.67. The molecule has 0 aliphatic carbocycles. The maximum Gasteiger partial charge on any atom is 0.225 e. The van der Waals surface area contributed by atoms with Crippen molar-refractivity contribution in [2.24, 2.45) is 0 Å². The lowest BCUT2D eigenvalue weighted by molar-refractivity contribution is -0.136. The van der Waals surface area contributed by atoms with Gasteiger partial charge in [0.1, 0.15) is 5.82 Å². The smallest absolute Gasteiger partial charge is 0.225 e. The van der Waals surface area contributed by atoms with Crippen molar-refractivity contribution in [2.45, 2.75) is 70.4 Å². The Morgan fingerprint density at radius 3 is 2.34 bits per heavy atom. The van der Waals surface area contributed by atoms with E-state index in [1.165, 1.54) is 44.7 Å². The van der Waals surface area contributed by atoms with Gasteiger partial charge >= 0.3 is 0 Å². The van der Waals surface area contributed by atoms with Gasteiger partial charge in [-0.2, -0.15) is 0 Å². The van der Waals surface area contributed by atoms with Gasteiger partial charge in [0.05, 0.1) is 12.5 Å². The summed E-state index contributed by atoms with van der Waals surface area (Å²) in [6.45, 7) is 5.44. The van der Waals surface area contributed by atoms with Crippen LogP contribution in [0, 0.1) is 5.82 Å². The summed E-state index contributed by atoms with van der Waals surface area (Å²) >= 11 is 0. The van der Waals surface area contributed by atoms with Gasteiger partial charge in [-0.15, -0.1) is 0 Å². The van der Waals surface area contributed by atoms with Crippen molar-refractivity contribution < 1.29 is 14.0 Å². The van der Waals surface area contributed by atoms with Crippen LogP contribution in [0.4, 0.5) is 4.39 Å². The minimum absolute atomic E-state index is 0.0765. The molecule has 0 bridgehead atoms. The Labute approximate surface area is 173 Å². The third kappa shape index (κ3) is 6.53. The van der Waals surface area contributed by atoms with Gasteiger partial charge in [0.2, 0.25) is 11.8 Å². The first-order valence-corrected chi connectivity index (χ1v) is 11.1. The Bertz CT molecular complexity index is 671. The van der Waals surface area contributed by atoms with E-state index in [-0.39, 0.29) is 30.1 Å². The molecule has 1 N–H and O–H groups in total. The minimum atomic E-state index is -0.429. The lowest BCUT2D eigenvalue weighted by atomic mass is 9.98. The molecule has 0 aromatic heterocycles. The summed E-state index contributed by atoms with van der Waals surface area (Å²) in [6.07, 6.45) is 8.55. The summed E-state index contributed by atoms with van der Waals surface area (Å²) < 4.78 is 13.3. The van der Waals surface area contributed by atoms with E-state index in [9.17, 15) is 14.0 Å². The van der Waals surface area contributed by atoms with Gasteiger partial charge in [-0.05, 0) is 62.9 Å². The van der Waals surface area contributed by atoms with E-state index < -0.39 is 6.04 Å². The number of hydrogen-bond donors (Lipinski definition) is 1. The van der Waals surface area contributed by atoms with Crippen LogP contribution < -0.4 is 5.32 Å². The van der Waals surface area contributed by atoms with Crippen molar-refractivity contribution in [3.8, 4) is 0 Å². The van der Waals surface area contributed by atoms with Crippen LogP contribution in [-0.2, 0) is 9.59 Å². The monoisotopic (exact) mass is 403 g/mol. The second-order valence-electron chi connectivity index (χ2n) is 8.46. The molecule has 0 unspecified atom stereocenters. The fourth-order valence-electron chi connectivity index (χ4n) is 4.62. The predicted octanol–water partition coefficient (Wildman–Crippen LogP) is 3.65. The Kier molecular flexibility index (Phi) is 8.04. The number of carbonyl (C=O) groups is 2. The van der Waals surface area contributed by atoms with Crippen LogP contribution in [0.3, 0.4) is 0 Å². The number of nitrogens with zero attached hydrogens (tertiary/aromatic N) is 2. The zero-order valence-corrected chi connectivity index (χ0v) is 17.5. The van der Waals surface area contributed by atoms with Gasteiger partial charge in [-0.1, -0.05) is 25.0 Å². The fourth-order valence-corrected chi connectivity index (χ4v) is 4.62. The quantitative estimate of drug-likeness (QED) is 0.789. The Morgan fingerprint density at radius 2 is 1.69 bits per heavy atom. The summed E-state index contributed by atoms with van der Waals surface area (Å²) in [5.41, 5.74) is 0.760. The zero-order chi connectivity index (χ0) is 20.6. The average molecular weight is 404 g/mol. The van der Waals surface area contributed by atoms with Crippen molar-refractivity contribution in [1.29, 1.82) is 0 Å². The molecule has 5 nitrogen and oxygen atoms in total. The van der Waals surface area contributed by atoms with Gasteiger partial charge in [0.25, 0.3) is 0 Å². The van der Waals surface area contributed by atoms with Gasteiger partial charge < -0.3 is 15.1 Å². The van der Waals surface area contributed by atoms with Crippen LogP contribution in [0.1, 0.15) is 69.9 Å². The molecule has 1 aromatic carbocycles. The van der Waals surface area contributed by atoms with Crippen LogP contribution in [0.5, 0.6) is 0 Å². The first-order chi connectivity index (χ1) is 14.0. The molecule has 0 saturated carbocycles. The zero-order valence-electron chi connectivity index (χ0n) is 17.5. The maximum absolute atomic E-state index is 13.3. The van der Waals surface area contributed by atoms with E-state index in [0.717, 1.165) is 51.0 Å². The number of halogens is 1. The number of rotatable bonds is 6. The second kappa shape index (κ2) is 10.7. The van der Waals surface area contributed by atoms with Gasteiger partial charge in [0.15, 0.2) is 0 Å². The van der Waals surface area contributed by atoms with E-state index in [2.05, 4.69) is 10.2 Å². The molecular formula is C23H34FN3O2. The molecule has 2 heterocycles. The lowest BCUT2D eigenvalue weighted by Gasteiger charge is -2.39. The number of nitrogens with one attached hydrogen (secondary N) is 1. The molecule has 160 valence electrons. The first-order valence-electron chi connectivity index (χ1n) is 11.1. The van der Waals surface area contributed by atoms with Crippen LogP contribution >= 0.6 is 0 Å². The Hall–Kier alpha value is -1.95. The highest BCUT2D eigenvalue weighted by molar-refractivity contribution is 5.79. The first kappa shape index (κ1) is 21.8. The molecule has 1 aromatic rings. The largest absolute Gasteiger partial charge is 0.349 e. The van der Waals surface area contributed by atoms with Crippen molar-refractivity contribution in [3.63, 3.8) is 0 Å². The number of benzene rings is 1. The summed E-state index contributed by atoms with van der Waals surface area (Å²) in [5, 5.41) is 2.87. The molecule has 6 heteroatoms. The number of likely N-dealkylation sites (tertiary alicyclic amines) is 2. The van der Waals surface area contributed by atoms with E-state index in [4.69, 9.17) is 0 Å². The average Bonchev–Trinajstić information content (AvgIpc) is 2.97. The van der Waals surface area contributed by atoms with Gasteiger partial charge in [-0.25, -0.2) is 4.39 Å². The molecule has 2 aliphatic rings. The third-order valence-electron chi connectivity index (χ3n) is 6.14. The van der Waals surface area contributed by atoms with Crippen LogP contribution in [-0.4, -0.2) is 53.8 Å². The van der Waals surface area contributed by atoms with Gasteiger partial charge in [0, 0.05) is 26.1 Å². The number of hydrogen-bond acceptors (Lipinski definition) is 3. The molecule has 0 radical (unpaired) electrons. The van der Waals surface area contributed by atoms with E-state index in [0.29, 0.717) is 0 Å². The molecule has 0 spiro atoms.